The highest BCUT2D eigenvalue weighted by molar-refractivity contribution is 7.90. The highest BCUT2D eigenvalue weighted by Gasteiger charge is 2.26. The molecule has 0 atom stereocenters. The number of hydrogen-bond acceptors (Lipinski definition) is 7. The van der Waals surface area contributed by atoms with Gasteiger partial charge in [0.25, 0.3) is 0 Å². The van der Waals surface area contributed by atoms with Crippen LogP contribution in [0.5, 0.6) is 0 Å². The van der Waals surface area contributed by atoms with Crippen LogP contribution < -0.4 is 5.32 Å². The number of rotatable bonds is 8. The summed E-state index contributed by atoms with van der Waals surface area (Å²) in [5, 5.41) is 2.88. The molecule has 0 aliphatic rings. The number of ether oxygens (including phenoxy) is 2. The Labute approximate surface area is 119 Å². The Hall–Kier alpha value is -1.57. The van der Waals surface area contributed by atoms with E-state index in [-0.39, 0.29) is 12.3 Å². The maximum Gasteiger partial charge on any atom is 0.324 e. The maximum atomic E-state index is 11.5. The van der Waals surface area contributed by atoms with Crippen molar-refractivity contribution in [2.24, 2.45) is 5.92 Å². The van der Waals surface area contributed by atoms with Crippen LogP contribution in [0.4, 0.5) is 0 Å². The molecular weight excluding hydrogens is 286 g/mol. The molecule has 0 aromatic rings. The van der Waals surface area contributed by atoms with Crippen LogP contribution in [0, 0.1) is 5.92 Å². The molecule has 0 rings (SSSR count). The first-order valence-electron chi connectivity index (χ1n) is 6.03. The Morgan fingerprint density at radius 3 is 2.05 bits per heavy atom. The minimum Gasteiger partial charge on any atom is -0.468 e. The first kappa shape index (κ1) is 18.4. The highest BCUT2D eigenvalue weighted by atomic mass is 32.2. The van der Waals surface area contributed by atoms with Crippen molar-refractivity contribution in [1.82, 2.24) is 5.32 Å². The molecule has 0 bridgehead atoms. The summed E-state index contributed by atoms with van der Waals surface area (Å²) in [6.45, 7) is 2.01. The average Bonchev–Trinajstić information content (AvgIpc) is 2.39. The zero-order chi connectivity index (χ0) is 15.8. The Bertz CT molecular complexity index is 452. The monoisotopic (exact) mass is 307 g/mol. The SMILES string of the molecule is CCC(=CC(C(=O)OC)C(=O)OC)NCCS(C)(=O)=O. The normalized spacial score (nSPS) is 12.2. The van der Waals surface area contributed by atoms with Gasteiger partial charge >= 0.3 is 11.9 Å². The van der Waals surface area contributed by atoms with Crippen molar-refractivity contribution in [3.63, 3.8) is 0 Å². The zero-order valence-electron chi connectivity index (χ0n) is 12.1. The lowest BCUT2D eigenvalue weighted by Crippen LogP contribution is -2.28. The van der Waals surface area contributed by atoms with Crippen LogP contribution in [-0.4, -0.2) is 53.1 Å². The molecule has 0 saturated heterocycles. The molecule has 0 radical (unpaired) electrons. The molecule has 0 amide bonds. The van der Waals surface area contributed by atoms with E-state index in [1.165, 1.54) is 20.3 Å². The third-order valence-electron chi connectivity index (χ3n) is 2.48. The van der Waals surface area contributed by atoms with E-state index in [1.54, 1.807) is 0 Å². The second-order valence-corrected chi connectivity index (χ2v) is 6.39. The smallest absolute Gasteiger partial charge is 0.324 e. The van der Waals surface area contributed by atoms with Crippen LogP contribution in [-0.2, 0) is 28.9 Å². The molecule has 8 heteroatoms. The van der Waals surface area contributed by atoms with E-state index in [9.17, 15) is 18.0 Å². The van der Waals surface area contributed by atoms with Crippen molar-refractivity contribution in [3.8, 4) is 0 Å². The lowest BCUT2D eigenvalue weighted by atomic mass is 10.1. The molecule has 20 heavy (non-hydrogen) atoms. The summed E-state index contributed by atoms with van der Waals surface area (Å²) in [7, 11) is -0.721. The average molecular weight is 307 g/mol. The van der Waals surface area contributed by atoms with E-state index in [1.807, 2.05) is 6.92 Å². The number of methoxy groups -OCH3 is 2. The summed E-state index contributed by atoms with van der Waals surface area (Å²) < 4.78 is 31.1. The van der Waals surface area contributed by atoms with Crippen LogP contribution in [0.25, 0.3) is 0 Å². The van der Waals surface area contributed by atoms with Crippen LogP contribution in [0.15, 0.2) is 11.8 Å². The molecule has 0 unspecified atom stereocenters. The minimum absolute atomic E-state index is 0.0363. The zero-order valence-corrected chi connectivity index (χ0v) is 13.0. The molecule has 0 spiro atoms. The van der Waals surface area contributed by atoms with Crippen molar-refractivity contribution in [2.75, 3.05) is 32.8 Å². The fraction of sp³-hybridized carbons (Fsp3) is 0.667. The number of hydrogen-bond donors (Lipinski definition) is 1. The summed E-state index contributed by atoms with van der Waals surface area (Å²) in [4.78, 5) is 23.0. The molecule has 0 fully saturated rings. The lowest BCUT2D eigenvalue weighted by molar-refractivity contribution is -0.156. The maximum absolute atomic E-state index is 11.5. The van der Waals surface area contributed by atoms with Gasteiger partial charge < -0.3 is 14.8 Å². The lowest BCUT2D eigenvalue weighted by Gasteiger charge is -2.13. The quantitative estimate of drug-likeness (QED) is 0.493. The van der Waals surface area contributed by atoms with Gasteiger partial charge in [-0.3, -0.25) is 9.59 Å². The standard InChI is InChI=1S/C12H21NO6S/c1-5-9(13-6-7-20(4,16)17)8-10(11(14)18-2)12(15)19-3/h8,10,13H,5-7H2,1-4H3. The number of sulfone groups is 1. The van der Waals surface area contributed by atoms with Gasteiger partial charge in [-0.15, -0.1) is 0 Å². The van der Waals surface area contributed by atoms with Gasteiger partial charge in [0.1, 0.15) is 9.84 Å². The topological polar surface area (TPSA) is 98.8 Å². The second kappa shape index (κ2) is 8.57. The van der Waals surface area contributed by atoms with Gasteiger partial charge in [-0.05, 0) is 12.5 Å². The van der Waals surface area contributed by atoms with Gasteiger partial charge in [0.15, 0.2) is 5.92 Å². The summed E-state index contributed by atoms with van der Waals surface area (Å²) >= 11 is 0. The molecule has 0 aliphatic heterocycles. The van der Waals surface area contributed by atoms with Gasteiger partial charge in [-0.25, -0.2) is 8.42 Å². The van der Waals surface area contributed by atoms with E-state index < -0.39 is 27.7 Å². The van der Waals surface area contributed by atoms with E-state index in [0.29, 0.717) is 12.1 Å². The molecule has 116 valence electrons. The number of esters is 2. The molecule has 0 aromatic carbocycles. The van der Waals surface area contributed by atoms with Crippen molar-refractivity contribution in [2.45, 2.75) is 13.3 Å². The van der Waals surface area contributed by atoms with Crippen LogP contribution in [0.1, 0.15) is 13.3 Å². The van der Waals surface area contributed by atoms with Gasteiger partial charge in [-0.1, -0.05) is 6.92 Å². The summed E-state index contributed by atoms with van der Waals surface area (Å²) in [5.41, 5.74) is 0.578. The molecule has 0 aromatic heterocycles. The van der Waals surface area contributed by atoms with E-state index in [4.69, 9.17) is 0 Å². The first-order chi connectivity index (χ1) is 9.25. The number of nitrogens with one attached hydrogen (secondary N) is 1. The van der Waals surface area contributed by atoms with Crippen molar-refractivity contribution in [1.29, 1.82) is 0 Å². The summed E-state index contributed by atoms with van der Waals surface area (Å²) in [6.07, 6.45) is 3.03. The molecule has 7 nitrogen and oxygen atoms in total. The van der Waals surface area contributed by atoms with Gasteiger partial charge in [0.05, 0.1) is 20.0 Å². The van der Waals surface area contributed by atoms with Gasteiger partial charge in [0.2, 0.25) is 0 Å². The van der Waals surface area contributed by atoms with Gasteiger partial charge in [0, 0.05) is 18.5 Å². The molecule has 0 heterocycles. The molecule has 0 saturated carbocycles. The fourth-order valence-corrected chi connectivity index (χ4v) is 1.86. The van der Waals surface area contributed by atoms with Crippen molar-refractivity contribution >= 4 is 21.8 Å². The third-order valence-corrected chi connectivity index (χ3v) is 3.43. The molecule has 1 N–H and O–H groups in total. The minimum atomic E-state index is -3.07. The highest BCUT2D eigenvalue weighted by Crippen LogP contribution is 2.09. The van der Waals surface area contributed by atoms with E-state index in [0.717, 1.165) is 6.26 Å². The van der Waals surface area contributed by atoms with E-state index >= 15 is 0 Å². The predicted octanol–water partition coefficient (Wildman–Crippen LogP) is -0.123. The molecule has 0 aliphatic carbocycles. The van der Waals surface area contributed by atoms with Crippen LogP contribution >= 0.6 is 0 Å². The van der Waals surface area contributed by atoms with Gasteiger partial charge in [-0.2, -0.15) is 0 Å². The molecular formula is C12H21NO6S. The Balaban J connectivity index is 4.88. The number of allylic oxidation sites excluding steroid dienone is 1. The predicted molar refractivity (Wildman–Crippen MR) is 73.6 cm³/mol. The number of carbonyl (C=O) groups excluding carboxylic acids is 2. The second-order valence-electron chi connectivity index (χ2n) is 4.13. The van der Waals surface area contributed by atoms with Crippen LogP contribution in [0.3, 0.4) is 0 Å². The van der Waals surface area contributed by atoms with E-state index in [2.05, 4.69) is 14.8 Å². The third kappa shape index (κ3) is 7.13. The Morgan fingerprint density at radius 2 is 1.70 bits per heavy atom. The first-order valence-corrected chi connectivity index (χ1v) is 8.09. The summed E-state index contributed by atoms with van der Waals surface area (Å²) in [5.74, 6) is -2.66. The van der Waals surface area contributed by atoms with Crippen molar-refractivity contribution < 1.29 is 27.5 Å². The fourth-order valence-electron chi connectivity index (χ4n) is 1.39. The Morgan fingerprint density at radius 1 is 1.20 bits per heavy atom. The summed E-state index contributed by atoms with van der Waals surface area (Å²) in [6, 6.07) is 0. The Kier molecular flexibility index (Phi) is 7.90. The van der Waals surface area contributed by atoms with Crippen molar-refractivity contribution in [3.05, 3.63) is 11.8 Å². The largest absolute Gasteiger partial charge is 0.468 e. The van der Waals surface area contributed by atoms with Crippen LogP contribution in [0.2, 0.25) is 0 Å². The number of carbonyl (C=O) groups is 2.